The molecule has 0 unspecified atom stereocenters. The lowest BCUT2D eigenvalue weighted by atomic mass is 10.2. The highest BCUT2D eigenvalue weighted by Gasteiger charge is 2.14. The van der Waals surface area contributed by atoms with E-state index in [0.29, 0.717) is 18.7 Å². The van der Waals surface area contributed by atoms with E-state index in [4.69, 9.17) is 5.26 Å². The zero-order chi connectivity index (χ0) is 15.1. The molecule has 6 nitrogen and oxygen atoms in total. The summed E-state index contributed by atoms with van der Waals surface area (Å²) in [7, 11) is -3.39. The molecule has 0 saturated carbocycles. The van der Waals surface area contributed by atoms with Gasteiger partial charge in [0.05, 0.1) is 28.0 Å². The number of aromatic nitrogens is 2. The number of nitrogens with one attached hydrogen (secondary N) is 1. The number of hydrogen-bond donors (Lipinski definition) is 1. The molecular formula is C14H14N4O2S. The van der Waals surface area contributed by atoms with Gasteiger partial charge in [-0.2, -0.15) is 5.26 Å². The van der Waals surface area contributed by atoms with Gasteiger partial charge >= 0.3 is 0 Å². The first-order valence-corrected chi connectivity index (χ1v) is 7.95. The van der Waals surface area contributed by atoms with Crippen LogP contribution in [0.1, 0.15) is 11.3 Å². The lowest BCUT2D eigenvalue weighted by Crippen LogP contribution is -2.23. The second-order valence-corrected chi connectivity index (χ2v) is 6.45. The zero-order valence-corrected chi connectivity index (χ0v) is 12.0. The molecule has 1 heterocycles. The average Bonchev–Trinajstić information content (AvgIpc) is 2.53. The number of hydrogen-bond acceptors (Lipinski definition) is 6. The Balaban J connectivity index is 1.91. The molecule has 0 aliphatic heterocycles. The molecule has 2 aromatic rings. The molecule has 1 aromatic heterocycles. The monoisotopic (exact) mass is 302 g/mol. The molecule has 2 rings (SSSR count). The number of nitriles is 1. The average molecular weight is 302 g/mol. The normalized spacial score (nSPS) is 11.0. The molecule has 0 fully saturated rings. The molecule has 21 heavy (non-hydrogen) atoms. The van der Waals surface area contributed by atoms with E-state index in [1.807, 2.05) is 6.07 Å². The van der Waals surface area contributed by atoms with E-state index in [-0.39, 0.29) is 10.6 Å². The largest absolute Gasteiger partial charge is 0.310 e. The summed E-state index contributed by atoms with van der Waals surface area (Å²) in [5.74, 6) is -0.0348. The molecule has 108 valence electrons. The van der Waals surface area contributed by atoms with Crippen LogP contribution in [0.2, 0.25) is 0 Å². The van der Waals surface area contributed by atoms with Gasteiger partial charge in [0.1, 0.15) is 6.33 Å². The van der Waals surface area contributed by atoms with Crippen molar-refractivity contribution in [2.75, 3.05) is 12.3 Å². The van der Waals surface area contributed by atoms with Gasteiger partial charge in [-0.15, -0.1) is 0 Å². The van der Waals surface area contributed by atoms with Crippen LogP contribution in [-0.4, -0.2) is 30.7 Å². The van der Waals surface area contributed by atoms with Crippen molar-refractivity contribution in [2.24, 2.45) is 0 Å². The Morgan fingerprint density at radius 2 is 2.14 bits per heavy atom. The van der Waals surface area contributed by atoms with Crippen molar-refractivity contribution in [3.8, 4) is 6.07 Å². The SMILES string of the molecule is N#Cc1cccc(S(=O)(=O)CCNCc2ccncn2)c1. The van der Waals surface area contributed by atoms with E-state index in [1.54, 1.807) is 24.4 Å². The van der Waals surface area contributed by atoms with Crippen LogP contribution >= 0.6 is 0 Å². The van der Waals surface area contributed by atoms with Gasteiger partial charge in [-0.25, -0.2) is 18.4 Å². The third-order valence-electron chi connectivity index (χ3n) is 2.82. The van der Waals surface area contributed by atoms with Crippen LogP contribution < -0.4 is 5.32 Å². The molecule has 0 spiro atoms. The quantitative estimate of drug-likeness (QED) is 0.797. The van der Waals surface area contributed by atoms with E-state index in [2.05, 4.69) is 15.3 Å². The van der Waals surface area contributed by atoms with Gasteiger partial charge < -0.3 is 5.32 Å². The fourth-order valence-corrected chi connectivity index (χ4v) is 2.96. The summed E-state index contributed by atoms with van der Waals surface area (Å²) < 4.78 is 24.3. The molecule has 0 saturated heterocycles. The highest BCUT2D eigenvalue weighted by atomic mass is 32.2. The second kappa shape index (κ2) is 6.92. The fourth-order valence-electron chi connectivity index (χ4n) is 1.72. The Morgan fingerprint density at radius 3 is 2.86 bits per heavy atom. The topological polar surface area (TPSA) is 95.7 Å². The predicted molar refractivity (Wildman–Crippen MR) is 76.9 cm³/mol. The van der Waals surface area contributed by atoms with Crippen LogP contribution in [0.3, 0.4) is 0 Å². The first-order valence-electron chi connectivity index (χ1n) is 6.30. The Labute approximate surface area is 123 Å². The Morgan fingerprint density at radius 1 is 1.29 bits per heavy atom. The summed E-state index contributed by atoms with van der Waals surface area (Å²) in [6, 6.07) is 9.73. The van der Waals surface area contributed by atoms with Gasteiger partial charge in [0, 0.05) is 19.3 Å². The zero-order valence-electron chi connectivity index (χ0n) is 11.2. The molecule has 0 atom stereocenters. The summed E-state index contributed by atoms with van der Waals surface area (Å²) in [4.78, 5) is 8.01. The van der Waals surface area contributed by atoms with Gasteiger partial charge in [0.2, 0.25) is 0 Å². The Hall–Kier alpha value is -2.30. The molecule has 0 radical (unpaired) electrons. The second-order valence-electron chi connectivity index (χ2n) is 4.34. The van der Waals surface area contributed by atoms with E-state index in [1.165, 1.54) is 18.5 Å². The summed E-state index contributed by atoms with van der Waals surface area (Å²) in [5, 5.41) is 11.8. The predicted octanol–water partition coefficient (Wildman–Crippen LogP) is 0.912. The van der Waals surface area contributed by atoms with Crippen LogP contribution in [0, 0.1) is 11.3 Å². The number of rotatable bonds is 6. The third-order valence-corrected chi connectivity index (χ3v) is 4.53. The third kappa shape index (κ3) is 4.34. The van der Waals surface area contributed by atoms with E-state index >= 15 is 0 Å². The standard InChI is InChI=1S/C14H14N4O2S/c15-9-12-2-1-3-14(8-12)21(19,20)7-6-16-10-13-4-5-17-11-18-13/h1-5,8,11,16H,6-7,10H2. The first kappa shape index (κ1) is 15.1. The van der Waals surface area contributed by atoms with Gasteiger partial charge in [-0.1, -0.05) is 6.07 Å². The molecular weight excluding hydrogens is 288 g/mol. The number of benzene rings is 1. The van der Waals surface area contributed by atoms with Crippen molar-refractivity contribution in [1.29, 1.82) is 5.26 Å². The minimum absolute atomic E-state index is 0.0348. The molecule has 7 heteroatoms. The molecule has 0 aliphatic carbocycles. The van der Waals surface area contributed by atoms with Crippen LogP contribution in [0.5, 0.6) is 0 Å². The van der Waals surface area contributed by atoms with Gasteiger partial charge in [0.15, 0.2) is 9.84 Å². The maximum Gasteiger partial charge on any atom is 0.179 e. The molecule has 0 bridgehead atoms. The van der Waals surface area contributed by atoms with Gasteiger partial charge in [-0.05, 0) is 24.3 Å². The van der Waals surface area contributed by atoms with Crippen molar-refractivity contribution in [1.82, 2.24) is 15.3 Å². The number of nitrogens with zero attached hydrogens (tertiary/aromatic N) is 3. The van der Waals surface area contributed by atoms with Crippen molar-refractivity contribution in [3.05, 3.63) is 54.1 Å². The Bertz CT molecular complexity index is 739. The highest BCUT2D eigenvalue weighted by molar-refractivity contribution is 7.91. The molecule has 0 amide bonds. The van der Waals surface area contributed by atoms with Crippen LogP contribution in [0.25, 0.3) is 0 Å². The van der Waals surface area contributed by atoms with Crippen molar-refractivity contribution in [3.63, 3.8) is 0 Å². The van der Waals surface area contributed by atoms with E-state index in [0.717, 1.165) is 5.69 Å². The summed E-state index contributed by atoms with van der Waals surface area (Å²) in [6.07, 6.45) is 3.08. The van der Waals surface area contributed by atoms with Crippen molar-refractivity contribution in [2.45, 2.75) is 11.4 Å². The maximum atomic E-state index is 12.1. The first-order chi connectivity index (χ1) is 10.1. The van der Waals surface area contributed by atoms with Crippen LogP contribution in [0.15, 0.2) is 47.8 Å². The lowest BCUT2D eigenvalue weighted by Gasteiger charge is -2.06. The minimum Gasteiger partial charge on any atom is -0.310 e. The summed E-state index contributed by atoms with van der Waals surface area (Å²) >= 11 is 0. The van der Waals surface area contributed by atoms with Crippen LogP contribution in [-0.2, 0) is 16.4 Å². The maximum absolute atomic E-state index is 12.1. The van der Waals surface area contributed by atoms with Crippen molar-refractivity contribution >= 4 is 9.84 Å². The Kier molecular flexibility index (Phi) is 4.98. The molecule has 0 aliphatic rings. The molecule has 1 aromatic carbocycles. The lowest BCUT2D eigenvalue weighted by molar-refractivity contribution is 0.590. The van der Waals surface area contributed by atoms with Gasteiger partial charge in [0.25, 0.3) is 0 Å². The highest BCUT2D eigenvalue weighted by Crippen LogP contribution is 2.12. The fraction of sp³-hybridized carbons (Fsp3) is 0.214. The van der Waals surface area contributed by atoms with Crippen LogP contribution in [0.4, 0.5) is 0 Å². The van der Waals surface area contributed by atoms with E-state index < -0.39 is 9.84 Å². The summed E-state index contributed by atoms with van der Waals surface area (Å²) in [5.41, 5.74) is 1.14. The van der Waals surface area contributed by atoms with E-state index in [9.17, 15) is 8.42 Å². The summed E-state index contributed by atoms with van der Waals surface area (Å²) in [6.45, 7) is 0.791. The smallest absolute Gasteiger partial charge is 0.179 e. The van der Waals surface area contributed by atoms with Gasteiger partial charge in [-0.3, -0.25) is 0 Å². The number of sulfone groups is 1. The van der Waals surface area contributed by atoms with Crippen molar-refractivity contribution < 1.29 is 8.42 Å². The minimum atomic E-state index is -3.39. The molecule has 1 N–H and O–H groups in total.